The van der Waals surface area contributed by atoms with Crippen LogP contribution in [0.25, 0.3) is 0 Å². The second-order valence-corrected chi connectivity index (χ2v) is 13.2. The fourth-order valence-corrected chi connectivity index (χ4v) is 7.20. The Balaban J connectivity index is 1.55. The van der Waals surface area contributed by atoms with Crippen LogP contribution in [0.4, 0.5) is 10.1 Å². The van der Waals surface area contributed by atoms with E-state index in [1.165, 1.54) is 77.1 Å². The van der Waals surface area contributed by atoms with Gasteiger partial charge in [-0.3, -0.25) is 4.79 Å². The van der Waals surface area contributed by atoms with Crippen LogP contribution in [-0.4, -0.2) is 51.0 Å². The Kier molecular flexibility index (Phi) is 8.84. The second-order valence-electron chi connectivity index (χ2n) is 8.89. The second kappa shape index (κ2) is 11.9. The molecule has 1 aliphatic heterocycles. The Bertz CT molecular complexity index is 1490. The lowest BCUT2D eigenvalue weighted by atomic mass is 10.2. The summed E-state index contributed by atoms with van der Waals surface area (Å²) in [7, 11) is -7.86. The molecule has 1 N–H and O–H groups in total. The number of carbonyl (C=O) groups is 1. The number of sulfonamides is 2. The van der Waals surface area contributed by atoms with Crippen LogP contribution in [0.5, 0.6) is 0 Å². The Morgan fingerprint density at radius 2 is 1.55 bits per heavy atom. The van der Waals surface area contributed by atoms with Crippen LogP contribution in [0, 0.1) is 5.82 Å². The third kappa shape index (κ3) is 6.78. The van der Waals surface area contributed by atoms with E-state index < -0.39 is 38.3 Å². The average Bonchev–Trinajstić information content (AvgIpc) is 2.90. The predicted octanol–water partition coefficient (Wildman–Crippen LogP) is 4.48. The van der Waals surface area contributed by atoms with E-state index in [0.717, 1.165) is 23.6 Å². The number of nitrogens with zero attached hydrogens (tertiary/aromatic N) is 2. The zero-order chi connectivity index (χ0) is 27.3. The van der Waals surface area contributed by atoms with Gasteiger partial charge in [-0.15, -0.1) is 0 Å². The molecular weight excluding hydrogens is 553 g/mol. The third-order valence-corrected chi connectivity index (χ3v) is 10.1. The van der Waals surface area contributed by atoms with Crippen LogP contribution in [0.3, 0.4) is 0 Å². The van der Waals surface area contributed by atoms with Crippen LogP contribution in [-0.2, 0) is 31.4 Å². The van der Waals surface area contributed by atoms with E-state index >= 15 is 0 Å². The molecule has 3 aromatic carbocycles. The van der Waals surface area contributed by atoms with E-state index in [1.807, 2.05) is 0 Å². The topological polar surface area (TPSA) is 104 Å². The zero-order valence-electron chi connectivity index (χ0n) is 20.4. The minimum absolute atomic E-state index is 0.0501. The third-order valence-electron chi connectivity index (χ3n) is 6.11. The molecule has 0 spiro atoms. The first kappa shape index (κ1) is 28.2. The zero-order valence-corrected chi connectivity index (χ0v) is 22.8. The molecular formula is C26H27ClFN3O5S2. The van der Waals surface area contributed by atoms with Crippen molar-refractivity contribution in [1.29, 1.82) is 0 Å². The van der Waals surface area contributed by atoms with E-state index in [9.17, 15) is 26.0 Å². The number of halogens is 2. The quantitative estimate of drug-likeness (QED) is 0.402. The monoisotopic (exact) mass is 579 g/mol. The highest BCUT2D eigenvalue weighted by Gasteiger charge is 2.28. The van der Waals surface area contributed by atoms with Gasteiger partial charge in [0.25, 0.3) is 0 Å². The number of hydrogen-bond donors (Lipinski definition) is 1. The molecule has 0 radical (unpaired) electrons. The molecule has 0 saturated carbocycles. The Labute approximate surface area is 227 Å². The highest BCUT2D eigenvalue weighted by atomic mass is 35.5. The maximum Gasteiger partial charge on any atom is 0.243 e. The van der Waals surface area contributed by atoms with Gasteiger partial charge in [-0.1, -0.05) is 36.2 Å². The van der Waals surface area contributed by atoms with Crippen molar-refractivity contribution in [2.24, 2.45) is 0 Å². The molecule has 0 aromatic heterocycles. The number of anilines is 1. The first-order valence-electron chi connectivity index (χ1n) is 12.0. The summed E-state index contributed by atoms with van der Waals surface area (Å²) in [5.74, 6) is -1.14. The molecule has 1 amide bonds. The van der Waals surface area contributed by atoms with E-state index in [-0.39, 0.29) is 22.0 Å². The van der Waals surface area contributed by atoms with Gasteiger partial charge in [0.2, 0.25) is 26.0 Å². The van der Waals surface area contributed by atoms with Crippen LogP contribution in [0.15, 0.2) is 82.6 Å². The molecule has 38 heavy (non-hydrogen) atoms. The van der Waals surface area contributed by atoms with Crippen LogP contribution in [0.2, 0.25) is 5.02 Å². The van der Waals surface area contributed by atoms with Gasteiger partial charge in [0, 0.05) is 30.3 Å². The number of piperidine rings is 1. The average molecular weight is 580 g/mol. The SMILES string of the molecule is O=C(CN(Cc1ccc(F)cc1)S(=O)(=O)c1ccc(Cl)cc1)Nc1cccc(S(=O)(=O)N2CCCCC2)c1. The van der Waals surface area contributed by atoms with Crippen LogP contribution >= 0.6 is 11.6 Å². The molecule has 12 heteroatoms. The largest absolute Gasteiger partial charge is 0.325 e. The van der Waals surface area contributed by atoms with Crippen molar-refractivity contribution in [3.63, 3.8) is 0 Å². The summed E-state index contributed by atoms with van der Waals surface area (Å²) in [5, 5.41) is 2.96. The van der Waals surface area contributed by atoms with Crippen molar-refractivity contribution in [2.75, 3.05) is 25.0 Å². The molecule has 1 saturated heterocycles. The summed E-state index contributed by atoms with van der Waals surface area (Å²) in [6.45, 7) is 0.132. The summed E-state index contributed by atoms with van der Waals surface area (Å²) in [6, 6.07) is 16.7. The van der Waals surface area contributed by atoms with Gasteiger partial charge < -0.3 is 5.32 Å². The summed E-state index contributed by atoms with van der Waals surface area (Å²) >= 11 is 5.90. The van der Waals surface area contributed by atoms with Crippen molar-refractivity contribution in [2.45, 2.75) is 35.6 Å². The lowest BCUT2D eigenvalue weighted by Crippen LogP contribution is -2.37. The van der Waals surface area contributed by atoms with Gasteiger partial charge in [-0.25, -0.2) is 21.2 Å². The van der Waals surface area contributed by atoms with Crippen LogP contribution in [0.1, 0.15) is 24.8 Å². The lowest BCUT2D eigenvalue weighted by molar-refractivity contribution is -0.116. The van der Waals surface area contributed by atoms with Crippen molar-refractivity contribution in [3.8, 4) is 0 Å². The molecule has 0 aliphatic carbocycles. The normalized spacial score (nSPS) is 14.9. The molecule has 1 fully saturated rings. The summed E-state index contributed by atoms with van der Waals surface area (Å²) in [4.78, 5) is 13.0. The van der Waals surface area contributed by atoms with E-state index in [1.54, 1.807) is 0 Å². The van der Waals surface area contributed by atoms with Crippen molar-refractivity contribution in [1.82, 2.24) is 8.61 Å². The number of carbonyl (C=O) groups excluding carboxylic acids is 1. The highest BCUT2D eigenvalue weighted by Crippen LogP contribution is 2.24. The summed E-state index contributed by atoms with van der Waals surface area (Å²) < 4.78 is 68.7. The van der Waals surface area contributed by atoms with E-state index in [0.29, 0.717) is 23.7 Å². The fraction of sp³-hybridized carbons (Fsp3) is 0.269. The van der Waals surface area contributed by atoms with Crippen LogP contribution < -0.4 is 5.32 Å². The van der Waals surface area contributed by atoms with E-state index in [4.69, 9.17) is 11.6 Å². The molecule has 0 unspecified atom stereocenters. The van der Waals surface area contributed by atoms with E-state index in [2.05, 4.69) is 5.32 Å². The maximum absolute atomic E-state index is 13.4. The van der Waals surface area contributed by atoms with Gasteiger partial charge in [-0.05, 0) is 73.0 Å². The van der Waals surface area contributed by atoms with Crippen molar-refractivity contribution < 1.29 is 26.0 Å². The fourth-order valence-electron chi connectivity index (χ4n) is 4.12. The van der Waals surface area contributed by atoms with Gasteiger partial charge in [0.15, 0.2) is 0 Å². The molecule has 8 nitrogen and oxygen atoms in total. The number of amides is 1. The molecule has 1 aliphatic rings. The lowest BCUT2D eigenvalue weighted by Gasteiger charge is -2.26. The summed E-state index contributed by atoms with van der Waals surface area (Å²) in [6.07, 6.45) is 2.57. The van der Waals surface area contributed by atoms with Crippen molar-refractivity contribution in [3.05, 3.63) is 89.2 Å². The van der Waals surface area contributed by atoms with Gasteiger partial charge in [-0.2, -0.15) is 8.61 Å². The molecule has 4 rings (SSSR count). The Morgan fingerprint density at radius 3 is 2.21 bits per heavy atom. The Hall–Kier alpha value is -2.83. The maximum atomic E-state index is 13.4. The number of benzene rings is 3. The van der Waals surface area contributed by atoms with Gasteiger partial charge >= 0.3 is 0 Å². The first-order chi connectivity index (χ1) is 18.1. The van der Waals surface area contributed by atoms with Crippen molar-refractivity contribution >= 4 is 43.2 Å². The smallest absolute Gasteiger partial charge is 0.243 e. The molecule has 1 heterocycles. The minimum Gasteiger partial charge on any atom is -0.325 e. The van der Waals surface area contributed by atoms with Gasteiger partial charge in [0.1, 0.15) is 5.82 Å². The minimum atomic E-state index is -4.14. The molecule has 0 atom stereocenters. The number of rotatable bonds is 9. The number of nitrogens with one attached hydrogen (secondary N) is 1. The van der Waals surface area contributed by atoms with Gasteiger partial charge in [0.05, 0.1) is 16.3 Å². The standard InChI is InChI=1S/C26H27ClFN3O5S2/c27-21-9-13-24(14-10-21)37(33,34)31(18-20-7-11-22(28)12-8-20)19-26(32)29-23-5-4-6-25(17-23)38(35,36)30-15-2-1-3-16-30/h4-14,17H,1-3,15-16,18-19H2,(H,29,32). The molecule has 3 aromatic rings. The highest BCUT2D eigenvalue weighted by molar-refractivity contribution is 7.89. The Morgan fingerprint density at radius 1 is 0.895 bits per heavy atom. The first-order valence-corrected chi connectivity index (χ1v) is 15.2. The molecule has 0 bridgehead atoms. The number of hydrogen-bond acceptors (Lipinski definition) is 5. The molecule has 202 valence electrons. The summed E-state index contributed by atoms with van der Waals surface area (Å²) in [5.41, 5.74) is 0.699. The predicted molar refractivity (Wildman–Crippen MR) is 143 cm³/mol.